The lowest BCUT2D eigenvalue weighted by atomic mass is 10.0. The molecule has 0 aromatic heterocycles. The molecule has 1 unspecified atom stereocenters. The maximum atomic E-state index is 12.8. The number of nitrogens with zero attached hydrogens (tertiary/aromatic N) is 1. The average molecular weight is 281 g/mol. The molecule has 0 aromatic carbocycles. The fourth-order valence-electron chi connectivity index (χ4n) is 1.91. The van der Waals surface area contributed by atoms with E-state index >= 15 is 0 Å². The summed E-state index contributed by atoms with van der Waals surface area (Å²) in [6.07, 6.45) is 1.30. The highest BCUT2D eigenvalue weighted by atomic mass is 32.3. The van der Waals surface area contributed by atoms with Crippen molar-refractivity contribution in [3.05, 3.63) is 0 Å². The average Bonchev–Trinajstić information content (AvgIpc) is 2.38. The minimum absolute atomic E-state index is 0.0305. The summed E-state index contributed by atoms with van der Waals surface area (Å²) < 4.78 is 40.4. The van der Waals surface area contributed by atoms with Crippen LogP contribution in [0.1, 0.15) is 40.0 Å². The molecular weight excluding hydrogens is 261 g/mol. The van der Waals surface area contributed by atoms with Gasteiger partial charge in [-0.1, -0.05) is 3.89 Å². The van der Waals surface area contributed by atoms with Crippen LogP contribution in [-0.4, -0.2) is 37.4 Å². The van der Waals surface area contributed by atoms with Crippen molar-refractivity contribution in [2.24, 2.45) is 5.92 Å². The highest BCUT2D eigenvalue weighted by Gasteiger charge is 2.30. The molecule has 7 heteroatoms. The van der Waals surface area contributed by atoms with Crippen LogP contribution in [0, 0.1) is 5.92 Å². The Bertz CT molecular complexity index is 402. The van der Waals surface area contributed by atoms with Gasteiger partial charge >= 0.3 is 16.4 Å². The number of ether oxygens (including phenoxy) is 1. The van der Waals surface area contributed by atoms with Crippen LogP contribution in [0.15, 0.2) is 0 Å². The highest BCUT2D eigenvalue weighted by Crippen LogP contribution is 2.23. The number of hydrogen-bond acceptors (Lipinski definition) is 4. The molecule has 0 amide bonds. The van der Waals surface area contributed by atoms with E-state index in [4.69, 9.17) is 4.74 Å². The van der Waals surface area contributed by atoms with Crippen molar-refractivity contribution < 1.29 is 21.8 Å². The van der Waals surface area contributed by atoms with Gasteiger partial charge in [-0.25, -0.2) is 0 Å². The number of rotatable bonds is 2. The number of halogens is 1. The van der Waals surface area contributed by atoms with Gasteiger partial charge in [0.2, 0.25) is 0 Å². The van der Waals surface area contributed by atoms with Crippen LogP contribution in [0.3, 0.4) is 0 Å². The molecule has 0 aliphatic carbocycles. The van der Waals surface area contributed by atoms with E-state index in [9.17, 15) is 17.1 Å². The van der Waals surface area contributed by atoms with Gasteiger partial charge in [0.05, 0.1) is 5.92 Å². The first-order chi connectivity index (χ1) is 8.09. The highest BCUT2D eigenvalue weighted by molar-refractivity contribution is 7.83. The monoisotopic (exact) mass is 281 g/mol. The molecule has 1 saturated heterocycles. The van der Waals surface area contributed by atoms with Crippen LogP contribution in [0.4, 0.5) is 3.89 Å². The van der Waals surface area contributed by atoms with E-state index in [2.05, 4.69) is 0 Å². The number of esters is 1. The summed E-state index contributed by atoms with van der Waals surface area (Å²) in [7, 11) is -4.65. The standard InChI is InChI=1S/C11H20FNO4S/c1-11(2,3)17-10(14)9-5-4-7-13(8-6-9)18(12,15)16/h9H,4-8H2,1-3H3. The van der Waals surface area contributed by atoms with Crippen LogP contribution in [0.25, 0.3) is 0 Å². The molecule has 1 heterocycles. The van der Waals surface area contributed by atoms with Crippen LogP contribution >= 0.6 is 0 Å². The lowest BCUT2D eigenvalue weighted by Crippen LogP contribution is -2.31. The van der Waals surface area contributed by atoms with Crippen molar-refractivity contribution in [1.82, 2.24) is 4.31 Å². The zero-order valence-electron chi connectivity index (χ0n) is 11.0. The summed E-state index contributed by atoms with van der Waals surface area (Å²) >= 11 is 0. The molecule has 5 nitrogen and oxygen atoms in total. The van der Waals surface area contributed by atoms with Gasteiger partial charge in [-0.05, 0) is 40.0 Å². The molecule has 0 spiro atoms. The van der Waals surface area contributed by atoms with Crippen molar-refractivity contribution >= 4 is 16.4 Å². The Kier molecular flexibility index (Phi) is 4.72. The van der Waals surface area contributed by atoms with Crippen LogP contribution in [0.5, 0.6) is 0 Å². The van der Waals surface area contributed by atoms with E-state index in [-0.39, 0.29) is 25.0 Å². The molecule has 0 N–H and O–H groups in total. The molecule has 0 radical (unpaired) electrons. The summed E-state index contributed by atoms with van der Waals surface area (Å²) in [5.41, 5.74) is -0.560. The fraction of sp³-hybridized carbons (Fsp3) is 0.909. The van der Waals surface area contributed by atoms with Crippen molar-refractivity contribution in [2.45, 2.75) is 45.6 Å². The Labute approximate surface area is 108 Å². The van der Waals surface area contributed by atoms with Gasteiger partial charge in [0.25, 0.3) is 0 Å². The molecule has 0 saturated carbocycles. The third-order valence-electron chi connectivity index (χ3n) is 2.74. The lowest BCUT2D eigenvalue weighted by molar-refractivity contribution is -0.160. The number of carbonyl (C=O) groups excluding carboxylic acids is 1. The molecular formula is C11H20FNO4S. The molecule has 1 aliphatic heterocycles. The first-order valence-electron chi connectivity index (χ1n) is 6.02. The first kappa shape index (κ1) is 15.4. The van der Waals surface area contributed by atoms with Crippen molar-refractivity contribution in [3.8, 4) is 0 Å². The van der Waals surface area contributed by atoms with Gasteiger partial charge in [-0.15, -0.1) is 0 Å². The summed E-state index contributed by atoms with van der Waals surface area (Å²) in [6, 6.07) is 0. The maximum absolute atomic E-state index is 12.8. The van der Waals surface area contributed by atoms with Gasteiger partial charge in [0, 0.05) is 13.1 Å². The number of carbonyl (C=O) groups is 1. The third-order valence-corrected chi connectivity index (χ3v) is 3.72. The summed E-state index contributed by atoms with van der Waals surface area (Å²) in [4.78, 5) is 11.8. The molecule has 0 bridgehead atoms. The van der Waals surface area contributed by atoms with Crippen molar-refractivity contribution in [2.75, 3.05) is 13.1 Å². The van der Waals surface area contributed by atoms with E-state index in [1.54, 1.807) is 20.8 Å². The second-order valence-electron chi connectivity index (χ2n) is 5.50. The van der Waals surface area contributed by atoms with E-state index in [1.807, 2.05) is 0 Å². The molecule has 0 aromatic rings. The van der Waals surface area contributed by atoms with Gasteiger partial charge < -0.3 is 4.74 Å². The molecule has 1 rings (SSSR count). The zero-order chi connectivity index (χ0) is 14.0. The Balaban J connectivity index is 2.60. The van der Waals surface area contributed by atoms with E-state index in [0.717, 1.165) is 4.31 Å². The van der Waals surface area contributed by atoms with Gasteiger partial charge in [0.1, 0.15) is 5.60 Å². The Morgan fingerprint density at radius 1 is 1.28 bits per heavy atom. The molecule has 18 heavy (non-hydrogen) atoms. The van der Waals surface area contributed by atoms with E-state index < -0.39 is 16.0 Å². The topological polar surface area (TPSA) is 63.7 Å². The van der Waals surface area contributed by atoms with Gasteiger partial charge in [-0.2, -0.15) is 12.7 Å². The molecule has 1 aliphatic rings. The predicted molar refractivity (Wildman–Crippen MR) is 64.8 cm³/mol. The van der Waals surface area contributed by atoms with Crippen LogP contribution in [0.2, 0.25) is 0 Å². The minimum Gasteiger partial charge on any atom is -0.460 e. The third kappa shape index (κ3) is 4.89. The van der Waals surface area contributed by atoms with Gasteiger partial charge in [0.15, 0.2) is 0 Å². The maximum Gasteiger partial charge on any atom is 0.374 e. The van der Waals surface area contributed by atoms with Crippen molar-refractivity contribution in [3.63, 3.8) is 0 Å². The Morgan fingerprint density at radius 2 is 1.89 bits per heavy atom. The van der Waals surface area contributed by atoms with E-state index in [1.165, 1.54) is 0 Å². The van der Waals surface area contributed by atoms with Gasteiger partial charge in [-0.3, -0.25) is 4.79 Å². The quantitative estimate of drug-likeness (QED) is 0.570. The van der Waals surface area contributed by atoms with Crippen LogP contribution < -0.4 is 0 Å². The summed E-state index contributed by atoms with van der Waals surface area (Å²) in [5, 5.41) is 0. The molecule has 1 fully saturated rings. The van der Waals surface area contributed by atoms with E-state index in [0.29, 0.717) is 19.3 Å². The first-order valence-corrected chi connectivity index (χ1v) is 7.36. The minimum atomic E-state index is -4.65. The second-order valence-corrected chi connectivity index (χ2v) is 6.84. The normalized spacial score (nSPS) is 23.4. The molecule has 1 atom stereocenters. The molecule has 106 valence electrons. The SMILES string of the molecule is CC(C)(C)OC(=O)C1CCCN(S(=O)(=O)F)CC1. The predicted octanol–water partition coefficient (Wildman–Crippen LogP) is 1.64. The summed E-state index contributed by atoms with van der Waals surface area (Å²) in [5.74, 6) is -0.684. The Hall–Kier alpha value is -0.690. The largest absolute Gasteiger partial charge is 0.460 e. The fourth-order valence-corrected chi connectivity index (χ4v) is 2.58. The Morgan fingerprint density at radius 3 is 2.39 bits per heavy atom. The zero-order valence-corrected chi connectivity index (χ0v) is 11.8. The lowest BCUT2D eigenvalue weighted by Gasteiger charge is -2.23. The smallest absolute Gasteiger partial charge is 0.374 e. The van der Waals surface area contributed by atoms with Crippen LogP contribution in [-0.2, 0) is 19.9 Å². The number of hydrogen-bond donors (Lipinski definition) is 0. The van der Waals surface area contributed by atoms with Crippen molar-refractivity contribution in [1.29, 1.82) is 0 Å². The summed E-state index contributed by atoms with van der Waals surface area (Å²) in [6.45, 7) is 5.49. The second kappa shape index (κ2) is 5.52.